The van der Waals surface area contributed by atoms with Crippen molar-refractivity contribution in [1.82, 2.24) is 14.4 Å². The fraction of sp³-hybridized carbons (Fsp3) is 0.393. The summed E-state index contributed by atoms with van der Waals surface area (Å²) in [5, 5.41) is 3.21. The smallest absolute Gasteiger partial charge is 0.323 e. The van der Waals surface area contributed by atoms with Gasteiger partial charge in [0, 0.05) is 50.2 Å². The van der Waals surface area contributed by atoms with E-state index in [1.807, 2.05) is 30.9 Å². The van der Waals surface area contributed by atoms with Crippen molar-refractivity contribution in [3.8, 4) is 0 Å². The largest absolute Gasteiger partial charge is 0.373 e. The third-order valence-electron chi connectivity index (χ3n) is 7.13. The van der Waals surface area contributed by atoms with Crippen LogP contribution in [0.5, 0.6) is 0 Å². The number of Topliss-reactive ketones (excluding diaryl/α,β-unsaturated/α-hetero) is 1. The quantitative estimate of drug-likeness (QED) is 0.391. The number of carbonyl (C=O) groups excluding carboxylic acids is 3. The summed E-state index contributed by atoms with van der Waals surface area (Å²) in [6.45, 7) is 1.21. The topological polar surface area (TPSA) is 104 Å². The Balaban J connectivity index is 1.47. The molecule has 9 nitrogen and oxygen atoms in total. The fourth-order valence-electron chi connectivity index (χ4n) is 4.90. The molecule has 1 fully saturated rings. The van der Waals surface area contributed by atoms with E-state index in [2.05, 4.69) is 5.32 Å². The molecule has 4 rings (SSSR count). The van der Waals surface area contributed by atoms with Gasteiger partial charge in [-0.1, -0.05) is 29.8 Å². The molecular weight excluding hydrogens is 542 g/mol. The van der Waals surface area contributed by atoms with Crippen LogP contribution in [0.2, 0.25) is 5.02 Å². The molecule has 0 spiro atoms. The number of nitrogens with zero attached hydrogens (tertiary/aromatic N) is 4. The van der Waals surface area contributed by atoms with Gasteiger partial charge in [-0.15, -0.1) is 0 Å². The Morgan fingerprint density at radius 2 is 1.88 bits per heavy atom. The number of ketones is 1. The van der Waals surface area contributed by atoms with Crippen LogP contribution in [0.3, 0.4) is 0 Å². The molecule has 0 aliphatic carbocycles. The van der Waals surface area contributed by atoms with Crippen LogP contribution in [0.1, 0.15) is 18.4 Å². The van der Waals surface area contributed by atoms with Crippen molar-refractivity contribution in [1.29, 1.82) is 0 Å². The molecule has 1 aliphatic heterocycles. The molecule has 1 saturated heterocycles. The number of primary amides is 1. The fourth-order valence-corrected chi connectivity index (χ4v) is 5.13. The number of halogens is 3. The van der Waals surface area contributed by atoms with Crippen molar-refractivity contribution in [2.75, 3.05) is 51.0 Å². The number of aryl methyl sites for hydroxylation is 1. The maximum atomic E-state index is 14.8. The molecule has 12 heteroatoms. The number of likely N-dealkylation sites (N-methyl/N-ethyl adjacent to an activating group) is 2. The lowest BCUT2D eigenvalue weighted by Crippen LogP contribution is -2.43. The summed E-state index contributed by atoms with van der Waals surface area (Å²) >= 11 is 6.15. The number of hydrogen-bond acceptors (Lipinski definition) is 5. The van der Waals surface area contributed by atoms with E-state index in [0.29, 0.717) is 23.1 Å². The van der Waals surface area contributed by atoms with Crippen molar-refractivity contribution in [2.24, 2.45) is 5.73 Å². The second-order valence-electron chi connectivity index (χ2n) is 10.3. The van der Waals surface area contributed by atoms with Gasteiger partial charge in [-0.3, -0.25) is 9.36 Å². The van der Waals surface area contributed by atoms with Crippen LogP contribution >= 0.6 is 11.6 Å². The second kappa shape index (κ2) is 12.2. The molecule has 1 aromatic heterocycles. The van der Waals surface area contributed by atoms with Crippen molar-refractivity contribution in [3.63, 3.8) is 0 Å². The lowest BCUT2D eigenvalue weighted by Gasteiger charge is -2.24. The number of benzene rings is 2. The summed E-state index contributed by atoms with van der Waals surface area (Å²) in [6, 6.07) is 7.65. The van der Waals surface area contributed by atoms with Gasteiger partial charge in [0.2, 0.25) is 0 Å². The summed E-state index contributed by atoms with van der Waals surface area (Å²) in [6.07, 6.45) is -0.188. The molecule has 3 N–H and O–H groups in total. The molecule has 2 aromatic carbocycles. The molecule has 2 atom stereocenters. The van der Waals surface area contributed by atoms with Crippen LogP contribution in [0.25, 0.3) is 10.9 Å². The summed E-state index contributed by atoms with van der Waals surface area (Å²) in [5.41, 5.74) is 7.25. The average Bonchev–Trinajstić information content (AvgIpc) is 3.48. The number of urea groups is 1. The van der Waals surface area contributed by atoms with E-state index in [1.165, 1.54) is 10.8 Å². The van der Waals surface area contributed by atoms with Gasteiger partial charge in [-0.05, 0) is 44.3 Å². The maximum absolute atomic E-state index is 14.8. The molecule has 2 heterocycles. The first-order chi connectivity index (χ1) is 19.0. The Hall–Kier alpha value is -3.70. The highest BCUT2D eigenvalue weighted by Gasteiger charge is 2.39. The Morgan fingerprint density at radius 1 is 1.15 bits per heavy atom. The minimum absolute atomic E-state index is 0.0440. The summed E-state index contributed by atoms with van der Waals surface area (Å²) in [4.78, 5) is 43.3. The van der Waals surface area contributed by atoms with Gasteiger partial charge in [0.15, 0.2) is 5.78 Å². The van der Waals surface area contributed by atoms with E-state index in [9.17, 15) is 23.2 Å². The number of carbonyl (C=O) groups is 3. The van der Waals surface area contributed by atoms with E-state index in [0.717, 1.165) is 17.1 Å². The Bertz CT molecular complexity index is 1430. The predicted octanol–water partition coefficient (Wildman–Crippen LogP) is 4.50. The van der Waals surface area contributed by atoms with Crippen LogP contribution in [0.15, 0.2) is 42.6 Å². The van der Waals surface area contributed by atoms with Gasteiger partial charge < -0.3 is 25.8 Å². The molecule has 3 amide bonds. The van der Waals surface area contributed by atoms with Crippen molar-refractivity contribution in [3.05, 3.63) is 59.0 Å². The van der Waals surface area contributed by atoms with E-state index in [4.69, 9.17) is 17.3 Å². The van der Waals surface area contributed by atoms with Gasteiger partial charge in [-0.2, -0.15) is 0 Å². The van der Waals surface area contributed by atoms with E-state index in [-0.39, 0.29) is 42.2 Å². The number of likely N-dealkylation sites (tertiary alicyclic amines) is 1. The average molecular weight is 575 g/mol. The number of rotatable bonds is 9. The number of para-hydroxylation sites is 1. The lowest BCUT2D eigenvalue weighted by atomic mass is 10.0. The minimum Gasteiger partial charge on any atom is -0.373 e. The van der Waals surface area contributed by atoms with Crippen molar-refractivity contribution < 1.29 is 23.2 Å². The summed E-state index contributed by atoms with van der Waals surface area (Å²) < 4.78 is 30.5. The van der Waals surface area contributed by atoms with Gasteiger partial charge in [0.25, 0.3) is 0 Å². The van der Waals surface area contributed by atoms with Crippen LogP contribution < -0.4 is 16.0 Å². The summed E-state index contributed by atoms with van der Waals surface area (Å²) in [5.74, 6) is -0.980. The Kier molecular flexibility index (Phi) is 8.95. The lowest BCUT2D eigenvalue weighted by molar-refractivity contribution is -0.122. The van der Waals surface area contributed by atoms with E-state index >= 15 is 0 Å². The maximum Gasteiger partial charge on any atom is 0.323 e. The number of fused-ring (bicyclic) bond motifs is 1. The highest BCUT2D eigenvalue weighted by atomic mass is 35.5. The number of hydrogen-bond donors (Lipinski definition) is 2. The van der Waals surface area contributed by atoms with Gasteiger partial charge in [0.1, 0.15) is 12.0 Å². The molecule has 0 saturated carbocycles. The predicted molar refractivity (Wildman–Crippen MR) is 153 cm³/mol. The van der Waals surface area contributed by atoms with Gasteiger partial charge in [-0.25, -0.2) is 18.4 Å². The standard InChI is InChI=1S/C28H33ClF2N6O3/c1-34(2)10-11-35(3)19-12-17(26(31)21(29)14-19)8-9-25(38)24-13-18(30)15-37(24)28(40)33-22-16-36(27(32)39)23-7-5-4-6-20(22)23/h4-7,12,14,16,18,24H,8-11,13,15H2,1-3H3,(H2,32,39)(H,33,40)/t18-,24+/m1/s1. The number of nitrogens with one attached hydrogen (secondary N) is 1. The summed E-state index contributed by atoms with van der Waals surface area (Å²) in [7, 11) is 5.78. The monoisotopic (exact) mass is 574 g/mol. The molecule has 3 aromatic rings. The molecule has 1 aliphatic rings. The first-order valence-corrected chi connectivity index (χ1v) is 13.3. The first-order valence-electron chi connectivity index (χ1n) is 12.9. The number of aromatic nitrogens is 1. The highest BCUT2D eigenvalue weighted by molar-refractivity contribution is 6.31. The number of anilines is 2. The van der Waals surface area contributed by atoms with Crippen molar-refractivity contribution >= 4 is 51.7 Å². The van der Waals surface area contributed by atoms with E-state index < -0.39 is 30.1 Å². The molecule has 214 valence electrons. The Morgan fingerprint density at radius 3 is 2.58 bits per heavy atom. The number of amides is 3. The molecule has 0 unspecified atom stereocenters. The molecule has 40 heavy (non-hydrogen) atoms. The molecular formula is C28H33ClF2N6O3. The zero-order chi connectivity index (χ0) is 29.1. The Labute approximate surface area is 236 Å². The molecule has 0 radical (unpaired) electrons. The normalized spacial score (nSPS) is 17.0. The first kappa shape index (κ1) is 29.3. The van der Waals surface area contributed by atoms with Crippen LogP contribution in [0, 0.1) is 5.82 Å². The van der Waals surface area contributed by atoms with Crippen LogP contribution in [-0.2, 0) is 11.2 Å². The zero-order valence-electron chi connectivity index (χ0n) is 22.7. The van der Waals surface area contributed by atoms with Gasteiger partial charge >= 0.3 is 12.1 Å². The number of nitrogens with two attached hydrogens (primary N) is 1. The third kappa shape index (κ3) is 6.37. The molecule has 0 bridgehead atoms. The second-order valence-corrected chi connectivity index (χ2v) is 10.7. The number of alkyl halides is 1. The van der Waals surface area contributed by atoms with Crippen LogP contribution in [0.4, 0.5) is 29.7 Å². The van der Waals surface area contributed by atoms with Crippen LogP contribution in [-0.4, -0.2) is 85.2 Å². The highest BCUT2D eigenvalue weighted by Crippen LogP contribution is 2.30. The third-order valence-corrected chi connectivity index (χ3v) is 7.40. The van der Waals surface area contributed by atoms with Gasteiger partial charge in [0.05, 0.1) is 28.8 Å². The zero-order valence-corrected chi connectivity index (χ0v) is 23.4. The van der Waals surface area contributed by atoms with Crippen molar-refractivity contribution in [2.45, 2.75) is 31.5 Å². The SMILES string of the molecule is CN(C)CCN(C)c1cc(Cl)c(F)c(CCC(=O)[C@@H]2C[C@@H](F)CN2C(=O)Nc2cn(C(N)=O)c3ccccc23)c1. The van der Waals surface area contributed by atoms with E-state index in [1.54, 1.807) is 36.4 Å². The minimum atomic E-state index is -1.38.